The Morgan fingerprint density at radius 3 is 2.52 bits per heavy atom. The van der Waals surface area contributed by atoms with Gasteiger partial charge in [-0.25, -0.2) is 4.39 Å². The fraction of sp³-hybridized carbons (Fsp3) is 0.250. The Bertz CT molecular complexity index is 575. The van der Waals surface area contributed by atoms with Gasteiger partial charge in [0, 0.05) is 16.3 Å². The summed E-state index contributed by atoms with van der Waals surface area (Å²) in [5.74, 6) is 2.11. The fourth-order valence-corrected chi connectivity index (χ4v) is 2.64. The van der Waals surface area contributed by atoms with Crippen molar-refractivity contribution in [3.8, 4) is 11.5 Å². The van der Waals surface area contributed by atoms with Crippen molar-refractivity contribution in [2.24, 2.45) is 0 Å². The van der Waals surface area contributed by atoms with Crippen LogP contribution in [0.4, 0.5) is 10.1 Å². The normalized spacial score (nSPS) is 10.4. The molecule has 2 aromatic carbocycles. The van der Waals surface area contributed by atoms with Crippen molar-refractivity contribution in [3.63, 3.8) is 0 Å². The molecule has 5 heteroatoms. The predicted molar refractivity (Wildman–Crippen MR) is 84.6 cm³/mol. The molecule has 0 aliphatic heterocycles. The number of anilines is 1. The summed E-state index contributed by atoms with van der Waals surface area (Å²) in [7, 11) is 1.64. The number of rotatable bonds is 7. The zero-order valence-corrected chi connectivity index (χ0v) is 12.7. The number of hydrogen-bond acceptors (Lipinski definition) is 4. The SMILES string of the molecule is COc1ccc(N)c(SCCCOc2ccc(F)cc2)c1. The second-order valence-electron chi connectivity index (χ2n) is 4.41. The summed E-state index contributed by atoms with van der Waals surface area (Å²) in [6.07, 6.45) is 0.874. The van der Waals surface area contributed by atoms with Crippen LogP contribution in [-0.4, -0.2) is 19.5 Å². The van der Waals surface area contributed by atoms with E-state index in [-0.39, 0.29) is 5.82 Å². The summed E-state index contributed by atoms with van der Waals surface area (Å²) in [4.78, 5) is 1.01. The lowest BCUT2D eigenvalue weighted by molar-refractivity contribution is 0.318. The van der Waals surface area contributed by atoms with Crippen LogP contribution in [0.1, 0.15) is 6.42 Å². The van der Waals surface area contributed by atoms with Gasteiger partial charge < -0.3 is 15.2 Å². The van der Waals surface area contributed by atoms with Crippen LogP contribution in [0.2, 0.25) is 0 Å². The second-order valence-corrected chi connectivity index (χ2v) is 5.54. The van der Waals surface area contributed by atoms with E-state index in [2.05, 4.69) is 0 Å². The van der Waals surface area contributed by atoms with E-state index in [1.54, 1.807) is 31.0 Å². The van der Waals surface area contributed by atoms with E-state index in [1.165, 1.54) is 12.1 Å². The number of ether oxygens (including phenoxy) is 2. The van der Waals surface area contributed by atoms with Crippen LogP contribution in [0.5, 0.6) is 11.5 Å². The highest BCUT2D eigenvalue weighted by molar-refractivity contribution is 7.99. The maximum atomic E-state index is 12.7. The highest BCUT2D eigenvalue weighted by atomic mass is 32.2. The highest BCUT2D eigenvalue weighted by Gasteiger charge is 2.02. The summed E-state index contributed by atoms with van der Waals surface area (Å²) in [6.45, 7) is 0.586. The van der Waals surface area contributed by atoms with Gasteiger partial charge in [-0.15, -0.1) is 11.8 Å². The number of nitrogen functional groups attached to an aromatic ring is 1. The van der Waals surface area contributed by atoms with Gasteiger partial charge >= 0.3 is 0 Å². The van der Waals surface area contributed by atoms with Crippen LogP contribution in [0.3, 0.4) is 0 Å². The standard InChI is InChI=1S/C16H18FNO2S/c1-19-14-7-8-15(18)16(11-14)21-10-2-9-20-13-5-3-12(17)4-6-13/h3-8,11H,2,9-10,18H2,1H3. The molecule has 112 valence electrons. The van der Waals surface area contributed by atoms with E-state index in [4.69, 9.17) is 15.2 Å². The van der Waals surface area contributed by atoms with Crippen LogP contribution in [0.15, 0.2) is 47.4 Å². The number of benzene rings is 2. The first kappa shape index (κ1) is 15.5. The van der Waals surface area contributed by atoms with Crippen molar-refractivity contribution < 1.29 is 13.9 Å². The number of halogens is 1. The first-order valence-corrected chi connectivity index (χ1v) is 7.62. The molecule has 0 aliphatic rings. The minimum absolute atomic E-state index is 0.258. The molecule has 0 atom stereocenters. The van der Waals surface area contributed by atoms with E-state index in [0.717, 1.165) is 28.5 Å². The zero-order valence-electron chi connectivity index (χ0n) is 11.8. The molecule has 0 aromatic heterocycles. The van der Waals surface area contributed by atoms with E-state index in [1.807, 2.05) is 18.2 Å². The van der Waals surface area contributed by atoms with Crippen molar-refractivity contribution in [2.45, 2.75) is 11.3 Å². The fourth-order valence-electron chi connectivity index (χ4n) is 1.73. The molecule has 3 nitrogen and oxygen atoms in total. The first-order chi connectivity index (χ1) is 10.2. The quantitative estimate of drug-likeness (QED) is 0.477. The van der Waals surface area contributed by atoms with E-state index >= 15 is 0 Å². The van der Waals surface area contributed by atoms with Crippen molar-refractivity contribution in [1.82, 2.24) is 0 Å². The molecule has 0 saturated heterocycles. The van der Waals surface area contributed by atoms with Crippen molar-refractivity contribution in [2.75, 3.05) is 25.2 Å². The summed E-state index contributed by atoms with van der Waals surface area (Å²) in [6, 6.07) is 11.7. The second kappa shape index (κ2) is 7.78. The van der Waals surface area contributed by atoms with E-state index < -0.39 is 0 Å². The van der Waals surface area contributed by atoms with Crippen LogP contribution in [0.25, 0.3) is 0 Å². The third-order valence-corrected chi connectivity index (χ3v) is 4.01. The van der Waals surface area contributed by atoms with Gasteiger partial charge in [0.25, 0.3) is 0 Å². The Balaban J connectivity index is 1.73. The van der Waals surface area contributed by atoms with Crippen molar-refractivity contribution >= 4 is 17.4 Å². The van der Waals surface area contributed by atoms with Gasteiger partial charge in [-0.05, 0) is 48.9 Å². The molecule has 2 aromatic rings. The molecule has 0 bridgehead atoms. The average molecular weight is 307 g/mol. The monoisotopic (exact) mass is 307 g/mol. The number of thioether (sulfide) groups is 1. The molecule has 0 unspecified atom stereocenters. The maximum Gasteiger partial charge on any atom is 0.123 e. The number of hydrogen-bond donors (Lipinski definition) is 1. The lowest BCUT2D eigenvalue weighted by Gasteiger charge is -2.08. The largest absolute Gasteiger partial charge is 0.497 e. The topological polar surface area (TPSA) is 44.5 Å². The third kappa shape index (κ3) is 4.86. The molecule has 0 saturated carbocycles. The molecule has 21 heavy (non-hydrogen) atoms. The Hall–Kier alpha value is -1.88. The zero-order chi connectivity index (χ0) is 15.1. The lowest BCUT2D eigenvalue weighted by Crippen LogP contribution is -1.99. The summed E-state index contributed by atoms with van der Waals surface area (Å²) < 4.78 is 23.5. The summed E-state index contributed by atoms with van der Waals surface area (Å²) >= 11 is 1.67. The molecule has 2 N–H and O–H groups in total. The van der Waals surface area contributed by atoms with Gasteiger partial charge in [0.1, 0.15) is 17.3 Å². The summed E-state index contributed by atoms with van der Waals surface area (Å²) in [5, 5.41) is 0. The molecule has 0 amide bonds. The number of methoxy groups -OCH3 is 1. The number of nitrogens with two attached hydrogens (primary N) is 1. The Kier molecular flexibility index (Phi) is 5.75. The van der Waals surface area contributed by atoms with Crippen LogP contribution < -0.4 is 15.2 Å². The van der Waals surface area contributed by atoms with Gasteiger partial charge in [0.05, 0.1) is 13.7 Å². The van der Waals surface area contributed by atoms with E-state index in [0.29, 0.717) is 12.4 Å². The predicted octanol–water partition coefficient (Wildman–Crippen LogP) is 3.98. The van der Waals surface area contributed by atoms with Gasteiger partial charge in [-0.3, -0.25) is 0 Å². The van der Waals surface area contributed by atoms with Gasteiger partial charge in [-0.1, -0.05) is 0 Å². The third-order valence-electron chi connectivity index (χ3n) is 2.85. The minimum atomic E-state index is -0.258. The van der Waals surface area contributed by atoms with Crippen molar-refractivity contribution in [1.29, 1.82) is 0 Å². The van der Waals surface area contributed by atoms with Crippen LogP contribution >= 0.6 is 11.8 Å². The molecule has 0 radical (unpaired) electrons. The molecular weight excluding hydrogens is 289 g/mol. The molecule has 2 rings (SSSR count). The molecule has 0 fully saturated rings. The maximum absolute atomic E-state index is 12.7. The van der Waals surface area contributed by atoms with Crippen LogP contribution in [-0.2, 0) is 0 Å². The molecule has 0 heterocycles. The molecule has 0 aliphatic carbocycles. The molecular formula is C16H18FNO2S. The summed E-state index contributed by atoms with van der Waals surface area (Å²) in [5.41, 5.74) is 6.67. The highest BCUT2D eigenvalue weighted by Crippen LogP contribution is 2.29. The Morgan fingerprint density at radius 2 is 1.81 bits per heavy atom. The minimum Gasteiger partial charge on any atom is -0.497 e. The van der Waals surface area contributed by atoms with Gasteiger partial charge in [-0.2, -0.15) is 0 Å². The smallest absolute Gasteiger partial charge is 0.123 e. The lowest BCUT2D eigenvalue weighted by atomic mass is 10.3. The van der Waals surface area contributed by atoms with Crippen molar-refractivity contribution in [3.05, 3.63) is 48.3 Å². The Morgan fingerprint density at radius 1 is 1.10 bits per heavy atom. The molecule has 0 spiro atoms. The van der Waals surface area contributed by atoms with Crippen LogP contribution in [0, 0.1) is 5.82 Å². The van der Waals surface area contributed by atoms with E-state index in [9.17, 15) is 4.39 Å². The average Bonchev–Trinajstić information content (AvgIpc) is 2.50. The first-order valence-electron chi connectivity index (χ1n) is 6.64. The Labute approximate surface area is 128 Å². The van der Waals surface area contributed by atoms with Gasteiger partial charge in [0.2, 0.25) is 0 Å². The van der Waals surface area contributed by atoms with Gasteiger partial charge in [0.15, 0.2) is 0 Å².